The number of alkyl halides is 2. The van der Waals surface area contributed by atoms with Gasteiger partial charge in [-0.15, -0.1) is 5.10 Å². The number of nitrogens with zero attached hydrogens (tertiary/aromatic N) is 5. The lowest BCUT2D eigenvalue weighted by Gasteiger charge is -2.39. The summed E-state index contributed by atoms with van der Waals surface area (Å²) in [4.78, 5) is 3.71. The number of hydrogen-bond donors (Lipinski definition) is 1. The highest BCUT2D eigenvalue weighted by molar-refractivity contribution is 9.10. The summed E-state index contributed by atoms with van der Waals surface area (Å²) in [6.45, 7) is -0.599. The topological polar surface area (TPSA) is 76.7 Å². The Morgan fingerprint density at radius 2 is 2.04 bits per heavy atom. The van der Waals surface area contributed by atoms with Crippen LogP contribution in [0.2, 0.25) is 0 Å². The van der Waals surface area contributed by atoms with Crippen LogP contribution in [0.25, 0.3) is 11.4 Å². The van der Waals surface area contributed by atoms with Crippen LogP contribution in [-0.2, 0) is 18.1 Å². The maximum atomic E-state index is 15.2. The Balaban J connectivity index is 1.94. The zero-order valence-corrected chi connectivity index (χ0v) is 14.0. The number of aliphatic hydroxyl groups is 1. The zero-order chi connectivity index (χ0) is 17.8. The van der Waals surface area contributed by atoms with Gasteiger partial charge in [-0.3, -0.25) is 4.98 Å². The maximum absolute atomic E-state index is 15.2. The van der Waals surface area contributed by atoms with Gasteiger partial charge in [0.2, 0.25) is 0 Å². The molecule has 25 heavy (non-hydrogen) atoms. The van der Waals surface area contributed by atoms with E-state index in [1.807, 2.05) is 0 Å². The molecule has 0 fully saturated rings. The van der Waals surface area contributed by atoms with Crippen LogP contribution < -0.4 is 0 Å². The van der Waals surface area contributed by atoms with Crippen LogP contribution >= 0.6 is 15.9 Å². The normalized spacial score (nSPS) is 19.4. The highest BCUT2D eigenvalue weighted by atomic mass is 79.9. The first-order valence-electron chi connectivity index (χ1n) is 7.12. The fraction of sp³-hybridized carbons (Fsp3) is 0.200. The molecule has 3 aromatic rings. The second-order valence-corrected chi connectivity index (χ2v) is 6.56. The minimum atomic E-state index is -3.77. The van der Waals surface area contributed by atoms with Gasteiger partial charge in [-0.25, -0.2) is 9.07 Å². The number of benzene rings is 1. The first-order chi connectivity index (χ1) is 11.8. The molecule has 1 aromatic carbocycles. The minimum Gasteiger partial charge on any atom is -0.377 e. The van der Waals surface area contributed by atoms with Crippen molar-refractivity contribution in [2.24, 2.45) is 0 Å². The lowest BCUT2D eigenvalue weighted by atomic mass is 9.80. The van der Waals surface area contributed by atoms with Crippen LogP contribution in [0.4, 0.5) is 13.2 Å². The molecule has 128 valence electrons. The van der Waals surface area contributed by atoms with Gasteiger partial charge in [0.25, 0.3) is 0 Å². The Hall–Kier alpha value is -2.33. The molecule has 0 amide bonds. The van der Waals surface area contributed by atoms with E-state index in [-0.39, 0.29) is 17.0 Å². The van der Waals surface area contributed by atoms with E-state index in [4.69, 9.17) is 0 Å². The number of rotatable bonds is 2. The van der Waals surface area contributed by atoms with Gasteiger partial charge in [0, 0.05) is 21.8 Å². The van der Waals surface area contributed by atoms with Crippen molar-refractivity contribution in [3.8, 4) is 11.4 Å². The van der Waals surface area contributed by atoms with E-state index in [1.54, 1.807) is 0 Å². The molecule has 0 aliphatic carbocycles. The molecule has 1 N–H and O–H groups in total. The number of tetrazole rings is 1. The third kappa shape index (κ3) is 2.28. The third-order valence-corrected chi connectivity index (χ3v) is 4.62. The third-order valence-electron chi connectivity index (χ3n) is 4.15. The molecule has 4 rings (SSSR count). The molecule has 1 aliphatic heterocycles. The van der Waals surface area contributed by atoms with E-state index in [1.165, 1.54) is 12.3 Å². The van der Waals surface area contributed by atoms with E-state index < -0.39 is 29.6 Å². The lowest BCUT2D eigenvalue weighted by Crippen LogP contribution is -2.49. The molecule has 0 unspecified atom stereocenters. The Bertz CT molecular complexity index is 962. The maximum Gasteiger partial charge on any atom is 0.323 e. The number of aromatic nitrogens is 5. The van der Waals surface area contributed by atoms with Crippen LogP contribution in [-0.4, -0.2) is 30.3 Å². The molecule has 1 aliphatic rings. The van der Waals surface area contributed by atoms with E-state index in [0.717, 1.165) is 28.9 Å². The van der Waals surface area contributed by atoms with E-state index in [2.05, 4.69) is 36.4 Å². The van der Waals surface area contributed by atoms with Crippen LogP contribution in [0, 0.1) is 5.82 Å². The molecule has 3 heterocycles. The van der Waals surface area contributed by atoms with Gasteiger partial charge in [-0.2, -0.15) is 8.78 Å². The van der Waals surface area contributed by atoms with Crippen LogP contribution in [0.15, 0.2) is 41.0 Å². The number of fused-ring (bicyclic) bond motifs is 3. The molecular formula is C15H9BrF3N5O. The van der Waals surface area contributed by atoms with E-state index >= 15 is 8.78 Å². The van der Waals surface area contributed by atoms with Crippen LogP contribution in [0.5, 0.6) is 0 Å². The first-order valence-corrected chi connectivity index (χ1v) is 7.91. The molecule has 2 aromatic heterocycles. The Morgan fingerprint density at radius 1 is 1.24 bits per heavy atom. The van der Waals surface area contributed by atoms with Gasteiger partial charge in [0.15, 0.2) is 11.4 Å². The fourth-order valence-electron chi connectivity index (χ4n) is 2.91. The van der Waals surface area contributed by atoms with Crippen molar-refractivity contribution in [2.45, 2.75) is 18.1 Å². The molecule has 0 saturated heterocycles. The predicted octanol–water partition coefficient (Wildman–Crippen LogP) is 2.63. The lowest BCUT2D eigenvalue weighted by molar-refractivity contribution is -0.207. The largest absolute Gasteiger partial charge is 0.377 e. The quantitative estimate of drug-likeness (QED) is 0.701. The summed E-state index contributed by atoms with van der Waals surface area (Å²) in [5, 5.41) is 21.8. The highest BCUT2D eigenvalue weighted by Crippen LogP contribution is 2.50. The summed E-state index contributed by atoms with van der Waals surface area (Å²) in [7, 11) is 0. The molecule has 0 bridgehead atoms. The SMILES string of the molecule is O[C@@]1(C(F)(F)c2ccc(Br)cn2)Cn2nnnc2-c2cc(F)ccc21. The Labute approximate surface area is 147 Å². The summed E-state index contributed by atoms with van der Waals surface area (Å²) in [5.41, 5.74) is -3.47. The van der Waals surface area contributed by atoms with Gasteiger partial charge >= 0.3 is 5.92 Å². The molecular weight excluding hydrogens is 403 g/mol. The van der Waals surface area contributed by atoms with E-state index in [9.17, 15) is 9.50 Å². The monoisotopic (exact) mass is 411 g/mol. The zero-order valence-electron chi connectivity index (χ0n) is 12.4. The predicted molar refractivity (Wildman–Crippen MR) is 82.9 cm³/mol. The van der Waals surface area contributed by atoms with Crippen LogP contribution in [0.3, 0.4) is 0 Å². The highest BCUT2D eigenvalue weighted by Gasteiger charge is 2.59. The molecule has 0 radical (unpaired) electrons. The van der Waals surface area contributed by atoms with Crippen molar-refractivity contribution < 1.29 is 18.3 Å². The standard InChI is InChI=1S/C15H9BrF3N5O/c16-8-1-4-12(20-6-8)15(18,19)14(25)7-24-13(21-22-23-24)10-5-9(17)2-3-11(10)14/h1-6,25H,7H2/t14-/m0/s1. The van der Waals surface area contributed by atoms with Gasteiger partial charge < -0.3 is 5.11 Å². The van der Waals surface area contributed by atoms with Crippen molar-refractivity contribution in [2.75, 3.05) is 0 Å². The summed E-state index contributed by atoms with van der Waals surface area (Å²) in [6, 6.07) is 5.66. The fourth-order valence-corrected chi connectivity index (χ4v) is 3.14. The second-order valence-electron chi connectivity index (χ2n) is 5.65. The van der Waals surface area contributed by atoms with Gasteiger partial charge in [0.1, 0.15) is 11.5 Å². The number of halogens is 4. The van der Waals surface area contributed by atoms with Gasteiger partial charge in [0.05, 0.1) is 6.54 Å². The van der Waals surface area contributed by atoms with Crippen molar-refractivity contribution >= 4 is 15.9 Å². The molecule has 10 heteroatoms. The van der Waals surface area contributed by atoms with Gasteiger partial charge in [-0.05, 0) is 50.6 Å². The molecule has 0 spiro atoms. The van der Waals surface area contributed by atoms with Crippen molar-refractivity contribution in [3.05, 3.63) is 58.1 Å². The van der Waals surface area contributed by atoms with Crippen LogP contribution in [0.1, 0.15) is 11.3 Å². The summed E-state index contributed by atoms with van der Waals surface area (Å²) >= 11 is 3.13. The molecule has 0 saturated carbocycles. The average molecular weight is 412 g/mol. The van der Waals surface area contributed by atoms with E-state index in [0.29, 0.717) is 4.47 Å². The van der Waals surface area contributed by atoms with Crippen molar-refractivity contribution in [1.29, 1.82) is 0 Å². The van der Waals surface area contributed by atoms with Crippen molar-refractivity contribution in [1.82, 2.24) is 25.2 Å². The van der Waals surface area contributed by atoms with Crippen molar-refractivity contribution in [3.63, 3.8) is 0 Å². The summed E-state index contributed by atoms with van der Waals surface area (Å²) in [6.07, 6.45) is 1.21. The average Bonchev–Trinajstić information content (AvgIpc) is 3.03. The Kier molecular flexibility index (Phi) is 3.45. The second kappa shape index (κ2) is 5.33. The van der Waals surface area contributed by atoms with Gasteiger partial charge in [-0.1, -0.05) is 6.07 Å². The number of pyridine rings is 1. The molecule has 1 atom stereocenters. The first kappa shape index (κ1) is 16.2. The summed E-state index contributed by atoms with van der Waals surface area (Å²) in [5.74, 6) is -4.31. The minimum absolute atomic E-state index is 0.00976. The molecule has 6 nitrogen and oxygen atoms in total. The smallest absolute Gasteiger partial charge is 0.323 e. The Morgan fingerprint density at radius 3 is 2.76 bits per heavy atom. The number of hydrogen-bond acceptors (Lipinski definition) is 5. The summed E-state index contributed by atoms with van der Waals surface area (Å²) < 4.78 is 45.7.